The molecule has 0 saturated carbocycles. The molecule has 0 aromatic heterocycles. The number of Topliss-reactive ketones (excluding diaryl/α,β-unsaturated/α-hetero) is 1. The molecule has 0 radical (unpaired) electrons. The van der Waals surface area contributed by atoms with Gasteiger partial charge < -0.3 is 10.5 Å². The summed E-state index contributed by atoms with van der Waals surface area (Å²) in [5.41, 5.74) is 9.50. The minimum absolute atomic E-state index is 0.0543. The van der Waals surface area contributed by atoms with Crippen molar-refractivity contribution in [2.24, 2.45) is 5.73 Å². The Labute approximate surface area is 129 Å². The monoisotopic (exact) mass is 297 g/mol. The van der Waals surface area contributed by atoms with Gasteiger partial charge >= 0.3 is 5.97 Å². The van der Waals surface area contributed by atoms with Crippen molar-refractivity contribution in [3.63, 3.8) is 0 Å². The average Bonchev–Trinajstić information content (AvgIpc) is 2.54. The number of benzene rings is 2. The smallest absolute Gasteiger partial charge is 0.322 e. The highest BCUT2D eigenvalue weighted by molar-refractivity contribution is 5.94. The van der Waals surface area contributed by atoms with Gasteiger partial charge in [-0.25, -0.2) is 0 Å². The number of esters is 1. The lowest BCUT2D eigenvalue weighted by Crippen LogP contribution is -2.33. The Morgan fingerprint density at radius 3 is 1.95 bits per heavy atom. The quantitative estimate of drug-likeness (QED) is 0.680. The van der Waals surface area contributed by atoms with Gasteiger partial charge in [-0.15, -0.1) is 0 Å². The van der Waals surface area contributed by atoms with Crippen LogP contribution in [0.5, 0.6) is 0 Å². The van der Waals surface area contributed by atoms with Gasteiger partial charge in [-0.05, 0) is 30.0 Å². The van der Waals surface area contributed by atoms with Crippen LogP contribution in [-0.2, 0) is 16.0 Å². The van der Waals surface area contributed by atoms with Crippen molar-refractivity contribution in [2.75, 3.05) is 7.11 Å². The van der Waals surface area contributed by atoms with Gasteiger partial charge in [-0.3, -0.25) is 9.59 Å². The number of carbonyl (C=O) groups is 2. The first-order chi connectivity index (χ1) is 10.5. The molecule has 0 bridgehead atoms. The second-order valence-corrected chi connectivity index (χ2v) is 5.16. The summed E-state index contributed by atoms with van der Waals surface area (Å²) in [5.74, 6) is -0.359. The molecule has 0 spiro atoms. The van der Waals surface area contributed by atoms with E-state index in [1.54, 1.807) is 6.92 Å². The maximum absolute atomic E-state index is 11.3. The van der Waals surface area contributed by atoms with Gasteiger partial charge in [0.15, 0.2) is 5.78 Å². The van der Waals surface area contributed by atoms with E-state index >= 15 is 0 Å². The van der Waals surface area contributed by atoms with Crippen LogP contribution in [0, 0.1) is 0 Å². The molecule has 2 aromatic rings. The van der Waals surface area contributed by atoms with E-state index in [9.17, 15) is 9.59 Å². The number of ketones is 1. The molecule has 22 heavy (non-hydrogen) atoms. The van der Waals surface area contributed by atoms with Gasteiger partial charge in [0.1, 0.15) is 6.04 Å². The van der Waals surface area contributed by atoms with Gasteiger partial charge in [-0.2, -0.15) is 0 Å². The van der Waals surface area contributed by atoms with Crippen molar-refractivity contribution in [3.05, 3.63) is 59.7 Å². The second-order valence-electron chi connectivity index (χ2n) is 5.16. The predicted octanol–water partition coefficient (Wildman–Crippen LogP) is 2.60. The Balaban J connectivity index is 2.11. The number of nitrogens with two attached hydrogens (primary N) is 1. The Morgan fingerprint density at radius 1 is 1.00 bits per heavy atom. The summed E-state index contributed by atoms with van der Waals surface area (Å²) in [4.78, 5) is 22.6. The highest BCUT2D eigenvalue weighted by Gasteiger charge is 2.14. The molecule has 0 heterocycles. The van der Waals surface area contributed by atoms with E-state index in [1.165, 1.54) is 7.11 Å². The molecule has 0 unspecified atom stereocenters. The van der Waals surface area contributed by atoms with Crippen LogP contribution in [0.4, 0.5) is 0 Å². The standard InChI is InChI=1S/C18H19NO3/c1-12(20)14-7-9-16(10-8-14)15-5-3-13(4-6-15)11-17(19)18(21)22-2/h3-10,17H,11,19H2,1-2H3/t17-/m0/s1. The molecule has 4 nitrogen and oxygen atoms in total. The van der Waals surface area contributed by atoms with Crippen LogP contribution in [0.3, 0.4) is 0 Å². The number of hydrogen-bond donors (Lipinski definition) is 1. The largest absolute Gasteiger partial charge is 0.468 e. The molecule has 2 N–H and O–H groups in total. The van der Waals surface area contributed by atoms with Crippen molar-refractivity contribution in [3.8, 4) is 11.1 Å². The molecule has 1 atom stereocenters. The maximum Gasteiger partial charge on any atom is 0.322 e. The van der Waals surface area contributed by atoms with Gasteiger partial charge in [0, 0.05) is 5.56 Å². The van der Waals surface area contributed by atoms with Crippen molar-refractivity contribution >= 4 is 11.8 Å². The minimum atomic E-state index is -0.647. The summed E-state index contributed by atoms with van der Waals surface area (Å²) >= 11 is 0. The third-order valence-corrected chi connectivity index (χ3v) is 3.54. The van der Waals surface area contributed by atoms with Crippen LogP contribution in [-0.4, -0.2) is 24.9 Å². The van der Waals surface area contributed by atoms with Gasteiger partial charge in [0.2, 0.25) is 0 Å². The van der Waals surface area contributed by atoms with Gasteiger partial charge in [0.05, 0.1) is 7.11 Å². The number of hydrogen-bond acceptors (Lipinski definition) is 4. The highest BCUT2D eigenvalue weighted by Crippen LogP contribution is 2.21. The molecule has 2 rings (SSSR count). The fraction of sp³-hybridized carbons (Fsp3) is 0.222. The zero-order valence-corrected chi connectivity index (χ0v) is 12.7. The Morgan fingerprint density at radius 2 is 1.50 bits per heavy atom. The van der Waals surface area contributed by atoms with Crippen LogP contribution in [0.2, 0.25) is 0 Å². The van der Waals surface area contributed by atoms with E-state index in [0.29, 0.717) is 12.0 Å². The third kappa shape index (κ3) is 3.80. The summed E-state index contributed by atoms with van der Waals surface area (Å²) in [6.07, 6.45) is 0.441. The van der Waals surface area contributed by atoms with E-state index in [2.05, 4.69) is 4.74 Å². The molecule has 0 aliphatic rings. The number of rotatable bonds is 5. The second kappa shape index (κ2) is 7.00. The molecule has 0 fully saturated rings. The van der Waals surface area contributed by atoms with Crippen LogP contribution in [0.15, 0.2) is 48.5 Å². The fourth-order valence-electron chi connectivity index (χ4n) is 2.22. The Hall–Kier alpha value is -2.46. The van der Waals surface area contributed by atoms with Crippen molar-refractivity contribution in [1.82, 2.24) is 0 Å². The van der Waals surface area contributed by atoms with Crippen LogP contribution in [0.1, 0.15) is 22.8 Å². The van der Waals surface area contributed by atoms with Gasteiger partial charge in [0.25, 0.3) is 0 Å². The molecular formula is C18H19NO3. The van der Waals surface area contributed by atoms with Crippen molar-refractivity contribution in [2.45, 2.75) is 19.4 Å². The van der Waals surface area contributed by atoms with Crippen LogP contribution >= 0.6 is 0 Å². The zero-order valence-electron chi connectivity index (χ0n) is 12.7. The number of ether oxygens (including phenoxy) is 1. The highest BCUT2D eigenvalue weighted by atomic mass is 16.5. The maximum atomic E-state index is 11.3. The van der Waals surface area contributed by atoms with Crippen LogP contribution in [0.25, 0.3) is 11.1 Å². The number of carbonyl (C=O) groups excluding carboxylic acids is 2. The van der Waals surface area contributed by atoms with E-state index < -0.39 is 12.0 Å². The molecule has 0 aliphatic carbocycles. The van der Waals surface area contributed by atoms with Crippen molar-refractivity contribution in [1.29, 1.82) is 0 Å². The lowest BCUT2D eigenvalue weighted by atomic mass is 9.99. The first-order valence-corrected chi connectivity index (χ1v) is 7.05. The minimum Gasteiger partial charge on any atom is -0.468 e. The lowest BCUT2D eigenvalue weighted by Gasteiger charge is -2.10. The lowest BCUT2D eigenvalue weighted by molar-refractivity contribution is -0.142. The predicted molar refractivity (Wildman–Crippen MR) is 85.6 cm³/mol. The summed E-state index contributed by atoms with van der Waals surface area (Å²) in [6, 6.07) is 14.7. The topological polar surface area (TPSA) is 69.4 Å². The normalized spacial score (nSPS) is 11.8. The van der Waals surface area contributed by atoms with E-state index in [4.69, 9.17) is 5.73 Å². The molecular weight excluding hydrogens is 278 g/mol. The SMILES string of the molecule is COC(=O)[C@@H](N)Cc1ccc(-c2ccc(C(C)=O)cc2)cc1. The summed E-state index contributed by atoms with van der Waals surface area (Å²) in [5, 5.41) is 0. The summed E-state index contributed by atoms with van der Waals surface area (Å²) < 4.78 is 4.62. The van der Waals surface area contributed by atoms with E-state index in [-0.39, 0.29) is 5.78 Å². The van der Waals surface area contributed by atoms with Crippen LogP contribution < -0.4 is 5.73 Å². The Bertz CT molecular complexity index is 660. The molecule has 0 amide bonds. The van der Waals surface area contributed by atoms with E-state index in [0.717, 1.165) is 16.7 Å². The molecule has 0 aliphatic heterocycles. The summed E-state index contributed by atoms with van der Waals surface area (Å²) in [7, 11) is 1.33. The molecule has 0 saturated heterocycles. The average molecular weight is 297 g/mol. The van der Waals surface area contributed by atoms with Crippen molar-refractivity contribution < 1.29 is 14.3 Å². The van der Waals surface area contributed by atoms with Gasteiger partial charge in [-0.1, -0.05) is 48.5 Å². The fourth-order valence-corrected chi connectivity index (χ4v) is 2.22. The molecule has 2 aromatic carbocycles. The zero-order chi connectivity index (χ0) is 16.1. The molecule has 4 heteroatoms. The first kappa shape index (κ1) is 15.9. The first-order valence-electron chi connectivity index (χ1n) is 7.05. The third-order valence-electron chi connectivity index (χ3n) is 3.54. The number of methoxy groups -OCH3 is 1. The molecule has 114 valence electrons. The Kier molecular flexibility index (Phi) is 5.07. The van der Waals surface area contributed by atoms with E-state index in [1.807, 2.05) is 48.5 Å². The summed E-state index contributed by atoms with van der Waals surface area (Å²) in [6.45, 7) is 1.55.